The third kappa shape index (κ3) is 2.58. The molecule has 0 aliphatic rings. The minimum absolute atomic E-state index is 0.110. The molecule has 92 valence electrons. The van der Waals surface area contributed by atoms with E-state index in [2.05, 4.69) is 14.9 Å². The van der Waals surface area contributed by atoms with Gasteiger partial charge in [0, 0.05) is 0 Å². The van der Waals surface area contributed by atoms with Gasteiger partial charge in [0.05, 0.1) is 36.2 Å². The van der Waals surface area contributed by atoms with Gasteiger partial charge in [0.1, 0.15) is 0 Å². The normalized spacial score (nSPS) is 9.88. The van der Waals surface area contributed by atoms with Gasteiger partial charge in [-0.15, -0.1) is 0 Å². The van der Waals surface area contributed by atoms with Crippen LogP contribution in [0.3, 0.4) is 0 Å². The summed E-state index contributed by atoms with van der Waals surface area (Å²) < 4.78 is 9.51. The zero-order chi connectivity index (χ0) is 13.0. The molecule has 6 heteroatoms. The lowest BCUT2D eigenvalue weighted by Gasteiger charge is -2.10. The van der Waals surface area contributed by atoms with Crippen molar-refractivity contribution in [1.82, 2.24) is 10.2 Å². The average Bonchev–Trinajstić information content (AvgIpc) is 2.31. The first-order valence-electron chi connectivity index (χ1n) is 5.12. The number of carbonyl (C=O) groups excluding carboxylic acids is 2. The molecule has 1 heterocycles. The van der Waals surface area contributed by atoms with Gasteiger partial charge < -0.3 is 9.47 Å². The van der Waals surface area contributed by atoms with Crippen molar-refractivity contribution in [3.63, 3.8) is 0 Å². The first-order chi connectivity index (χ1) is 8.02. The molecule has 0 saturated carbocycles. The van der Waals surface area contributed by atoms with Crippen molar-refractivity contribution in [2.24, 2.45) is 0 Å². The number of hydrogen-bond acceptors (Lipinski definition) is 6. The Hall–Kier alpha value is -1.98. The quantitative estimate of drug-likeness (QED) is 0.732. The van der Waals surface area contributed by atoms with Crippen molar-refractivity contribution in [3.8, 4) is 0 Å². The molecule has 0 aliphatic carbocycles. The Morgan fingerprint density at radius 3 is 1.94 bits per heavy atom. The van der Waals surface area contributed by atoms with E-state index in [9.17, 15) is 9.59 Å². The summed E-state index contributed by atoms with van der Waals surface area (Å²) in [4.78, 5) is 23.4. The topological polar surface area (TPSA) is 78.4 Å². The van der Waals surface area contributed by atoms with Crippen LogP contribution in [0.5, 0.6) is 0 Å². The fourth-order valence-corrected chi connectivity index (χ4v) is 1.42. The highest BCUT2D eigenvalue weighted by atomic mass is 16.5. The van der Waals surface area contributed by atoms with Crippen LogP contribution in [-0.2, 0) is 9.47 Å². The second-order valence-electron chi connectivity index (χ2n) is 3.33. The van der Waals surface area contributed by atoms with Gasteiger partial charge in [0.25, 0.3) is 0 Å². The monoisotopic (exact) mass is 238 g/mol. The molecule has 0 atom stereocenters. The predicted octanol–water partition coefficient (Wildman–Crippen LogP) is 1.06. The van der Waals surface area contributed by atoms with Crippen LogP contribution in [0.15, 0.2) is 0 Å². The number of hydrogen-bond donors (Lipinski definition) is 0. The molecule has 0 fully saturated rings. The first kappa shape index (κ1) is 13.1. The summed E-state index contributed by atoms with van der Waals surface area (Å²) in [5.74, 6) is -1.22. The highest BCUT2D eigenvalue weighted by Gasteiger charge is 2.25. The molecule has 17 heavy (non-hydrogen) atoms. The summed E-state index contributed by atoms with van der Waals surface area (Å²) in [6.07, 6.45) is 0. The van der Waals surface area contributed by atoms with Crippen molar-refractivity contribution in [3.05, 3.63) is 22.5 Å². The van der Waals surface area contributed by atoms with Crippen LogP contribution in [0.25, 0.3) is 0 Å². The number of aryl methyl sites for hydroxylation is 2. The number of rotatable bonds is 3. The smallest absolute Gasteiger partial charge is 0.341 e. The number of nitrogens with zero attached hydrogens (tertiary/aromatic N) is 2. The summed E-state index contributed by atoms with van der Waals surface area (Å²) in [7, 11) is 1.24. The zero-order valence-electron chi connectivity index (χ0n) is 10.2. The molecule has 6 nitrogen and oxygen atoms in total. The molecule has 0 N–H and O–H groups in total. The predicted molar refractivity (Wildman–Crippen MR) is 58.8 cm³/mol. The number of ether oxygens (including phenoxy) is 2. The van der Waals surface area contributed by atoms with E-state index in [4.69, 9.17) is 4.74 Å². The fourth-order valence-electron chi connectivity index (χ4n) is 1.42. The molecule has 0 radical (unpaired) electrons. The molecule has 1 rings (SSSR count). The van der Waals surface area contributed by atoms with Gasteiger partial charge >= 0.3 is 11.9 Å². The summed E-state index contributed by atoms with van der Waals surface area (Å²) in [6.45, 7) is 5.08. The largest absolute Gasteiger partial charge is 0.465 e. The number of methoxy groups -OCH3 is 1. The summed E-state index contributed by atoms with van der Waals surface area (Å²) in [6, 6.07) is 0. The molecule has 1 aromatic rings. The Morgan fingerprint density at radius 2 is 1.53 bits per heavy atom. The standard InChI is InChI=1S/C11H14N2O4/c1-5-17-11(15)9-7(3)13-12-6(2)8(9)10(14)16-4/h5H2,1-4H3. The van der Waals surface area contributed by atoms with Crippen molar-refractivity contribution in [2.45, 2.75) is 20.8 Å². The van der Waals surface area contributed by atoms with Crippen molar-refractivity contribution in [2.75, 3.05) is 13.7 Å². The molecule has 0 saturated heterocycles. The van der Waals surface area contributed by atoms with Crippen molar-refractivity contribution in [1.29, 1.82) is 0 Å². The van der Waals surface area contributed by atoms with Crippen LogP contribution in [0.4, 0.5) is 0 Å². The van der Waals surface area contributed by atoms with Gasteiger partial charge in [-0.25, -0.2) is 9.59 Å². The van der Waals surface area contributed by atoms with Crippen LogP contribution in [0, 0.1) is 13.8 Å². The maximum absolute atomic E-state index is 11.8. The summed E-state index contributed by atoms with van der Waals surface area (Å²) in [5, 5.41) is 7.59. The van der Waals surface area contributed by atoms with E-state index in [0.717, 1.165) is 0 Å². The Labute approximate surface area is 98.9 Å². The molecule has 0 spiro atoms. The van der Waals surface area contributed by atoms with E-state index in [1.165, 1.54) is 7.11 Å². The van der Waals surface area contributed by atoms with Gasteiger partial charge in [-0.2, -0.15) is 10.2 Å². The first-order valence-corrected chi connectivity index (χ1v) is 5.12. The Kier molecular flexibility index (Phi) is 4.14. The highest BCUT2D eigenvalue weighted by Crippen LogP contribution is 2.17. The van der Waals surface area contributed by atoms with Gasteiger partial charge in [-0.1, -0.05) is 0 Å². The van der Waals surface area contributed by atoms with Crippen LogP contribution in [0.1, 0.15) is 39.0 Å². The SMILES string of the molecule is CCOC(=O)c1c(C)nnc(C)c1C(=O)OC. The van der Waals surface area contributed by atoms with Crippen LogP contribution in [0.2, 0.25) is 0 Å². The van der Waals surface area contributed by atoms with Crippen LogP contribution in [-0.4, -0.2) is 35.9 Å². The third-order valence-corrected chi connectivity index (χ3v) is 2.19. The number of esters is 2. The maximum Gasteiger partial charge on any atom is 0.341 e. The van der Waals surface area contributed by atoms with Crippen LogP contribution < -0.4 is 0 Å². The molecular formula is C11H14N2O4. The second kappa shape index (κ2) is 5.38. The van der Waals surface area contributed by atoms with E-state index in [0.29, 0.717) is 11.4 Å². The number of carbonyl (C=O) groups is 2. The average molecular weight is 238 g/mol. The lowest BCUT2D eigenvalue weighted by atomic mass is 10.1. The zero-order valence-corrected chi connectivity index (χ0v) is 10.2. The Balaban J connectivity index is 3.39. The second-order valence-corrected chi connectivity index (χ2v) is 3.33. The van der Waals surface area contributed by atoms with E-state index < -0.39 is 11.9 Å². The van der Waals surface area contributed by atoms with Gasteiger partial charge in [0.2, 0.25) is 0 Å². The van der Waals surface area contributed by atoms with Crippen molar-refractivity contribution < 1.29 is 19.1 Å². The third-order valence-electron chi connectivity index (χ3n) is 2.19. The molecule has 0 bridgehead atoms. The van der Waals surface area contributed by atoms with Crippen LogP contribution >= 0.6 is 0 Å². The minimum atomic E-state index is -0.622. The van der Waals surface area contributed by atoms with E-state index in [1.807, 2.05) is 0 Å². The molecule has 0 aromatic carbocycles. The molecule has 0 aliphatic heterocycles. The van der Waals surface area contributed by atoms with Gasteiger partial charge in [-0.3, -0.25) is 0 Å². The minimum Gasteiger partial charge on any atom is -0.465 e. The van der Waals surface area contributed by atoms with E-state index in [1.54, 1.807) is 20.8 Å². The molecule has 0 amide bonds. The highest BCUT2D eigenvalue weighted by molar-refractivity contribution is 6.04. The molecular weight excluding hydrogens is 224 g/mol. The van der Waals surface area contributed by atoms with Crippen molar-refractivity contribution >= 4 is 11.9 Å². The Morgan fingerprint density at radius 1 is 1.06 bits per heavy atom. The fraction of sp³-hybridized carbons (Fsp3) is 0.455. The maximum atomic E-state index is 11.8. The van der Waals surface area contributed by atoms with Gasteiger partial charge in [0.15, 0.2) is 0 Å². The Bertz CT molecular complexity index is 457. The van der Waals surface area contributed by atoms with E-state index >= 15 is 0 Å². The lowest BCUT2D eigenvalue weighted by molar-refractivity contribution is 0.0501. The lowest BCUT2D eigenvalue weighted by Crippen LogP contribution is -2.18. The van der Waals surface area contributed by atoms with E-state index in [-0.39, 0.29) is 17.7 Å². The summed E-state index contributed by atoms with van der Waals surface area (Å²) in [5.41, 5.74) is 0.907. The van der Waals surface area contributed by atoms with Gasteiger partial charge in [-0.05, 0) is 20.8 Å². The molecule has 0 unspecified atom stereocenters. The number of aromatic nitrogens is 2. The summed E-state index contributed by atoms with van der Waals surface area (Å²) >= 11 is 0. The molecule has 1 aromatic heterocycles.